The van der Waals surface area contributed by atoms with Crippen LogP contribution in [0.1, 0.15) is 11.9 Å². The highest BCUT2D eigenvalue weighted by atomic mass is 32.1. The van der Waals surface area contributed by atoms with Crippen molar-refractivity contribution in [1.29, 1.82) is 0 Å². The van der Waals surface area contributed by atoms with Crippen molar-refractivity contribution in [3.8, 4) is 33.4 Å². The van der Waals surface area contributed by atoms with E-state index in [4.69, 9.17) is 4.99 Å². The molecule has 0 saturated heterocycles. The van der Waals surface area contributed by atoms with E-state index in [2.05, 4.69) is 180 Å². The molecule has 50 heavy (non-hydrogen) atoms. The second-order valence-electron chi connectivity index (χ2n) is 12.8. The molecule has 3 heterocycles. The number of hydrogen-bond donors (Lipinski definition) is 1. The Hall–Kier alpha value is -6.23. The van der Waals surface area contributed by atoms with Gasteiger partial charge in [-0.1, -0.05) is 140 Å². The van der Waals surface area contributed by atoms with Crippen LogP contribution in [-0.2, 0) is 0 Å². The quantitative estimate of drug-likeness (QED) is 0.196. The highest BCUT2D eigenvalue weighted by Gasteiger charge is 2.21. The molecule has 10 rings (SSSR count). The minimum atomic E-state index is -0.296. The van der Waals surface area contributed by atoms with E-state index in [-0.39, 0.29) is 6.29 Å². The normalized spacial score (nSPS) is 14.4. The fraction of sp³-hybridized carbons (Fsp3) is 0.0217. The van der Waals surface area contributed by atoms with Crippen molar-refractivity contribution in [2.24, 2.45) is 4.99 Å². The zero-order valence-corrected chi connectivity index (χ0v) is 27.9. The highest BCUT2D eigenvalue weighted by molar-refractivity contribution is 7.26. The van der Waals surface area contributed by atoms with Gasteiger partial charge in [-0.3, -0.25) is 0 Å². The molecule has 1 aliphatic heterocycles. The van der Waals surface area contributed by atoms with Crippen molar-refractivity contribution in [2.45, 2.75) is 6.29 Å². The summed E-state index contributed by atoms with van der Waals surface area (Å²) in [5.74, 6) is 0. The SMILES string of the molecule is C1=CC(c2ccc(-c3cccc(-c4ccccc4)c3)cc2)=NC(n2c3ccccc3c3ccc(-c4cccc5c4sc4ccccc45)cc32)N1. The van der Waals surface area contributed by atoms with E-state index in [1.807, 2.05) is 17.5 Å². The zero-order valence-electron chi connectivity index (χ0n) is 27.1. The number of fused-ring (bicyclic) bond motifs is 6. The molecule has 0 saturated carbocycles. The number of rotatable bonds is 5. The molecular weight excluding hydrogens is 627 g/mol. The number of aromatic nitrogens is 1. The molecule has 7 aromatic carbocycles. The average Bonchev–Trinajstić information content (AvgIpc) is 3.74. The van der Waals surface area contributed by atoms with Gasteiger partial charge in [-0.15, -0.1) is 11.3 Å². The first-order valence-corrected chi connectivity index (χ1v) is 17.8. The summed E-state index contributed by atoms with van der Waals surface area (Å²) in [6.07, 6.45) is 3.81. The van der Waals surface area contributed by atoms with Gasteiger partial charge in [-0.2, -0.15) is 0 Å². The average molecular weight is 658 g/mol. The number of thiophene rings is 1. The second kappa shape index (κ2) is 11.7. The summed E-state index contributed by atoms with van der Waals surface area (Å²) in [6, 6.07) is 59.0. The summed E-state index contributed by atoms with van der Waals surface area (Å²) < 4.78 is 5.00. The van der Waals surface area contributed by atoms with Crippen molar-refractivity contribution < 1.29 is 0 Å². The lowest BCUT2D eigenvalue weighted by atomic mass is 9.98. The van der Waals surface area contributed by atoms with Crippen molar-refractivity contribution in [2.75, 3.05) is 0 Å². The number of benzene rings is 7. The van der Waals surface area contributed by atoms with Crippen LogP contribution in [0.5, 0.6) is 0 Å². The van der Waals surface area contributed by atoms with Crippen LogP contribution in [0.25, 0.3) is 75.4 Å². The monoisotopic (exact) mass is 657 g/mol. The van der Waals surface area contributed by atoms with Gasteiger partial charge in [0.05, 0.1) is 16.7 Å². The summed E-state index contributed by atoms with van der Waals surface area (Å²) in [5.41, 5.74) is 11.7. The van der Waals surface area contributed by atoms with Crippen LogP contribution in [0, 0.1) is 0 Å². The van der Waals surface area contributed by atoms with Gasteiger partial charge in [-0.25, -0.2) is 4.99 Å². The van der Waals surface area contributed by atoms with Crippen LogP contribution in [0.4, 0.5) is 0 Å². The topological polar surface area (TPSA) is 29.3 Å². The van der Waals surface area contributed by atoms with Crippen molar-refractivity contribution >= 4 is 59.0 Å². The molecule has 0 aliphatic carbocycles. The lowest BCUT2D eigenvalue weighted by molar-refractivity contribution is 0.499. The highest BCUT2D eigenvalue weighted by Crippen LogP contribution is 2.42. The van der Waals surface area contributed by atoms with Crippen LogP contribution < -0.4 is 5.32 Å². The van der Waals surface area contributed by atoms with Crippen molar-refractivity contribution in [3.63, 3.8) is 0 Å². The Bertz CT molecular complexity index is 2780. The third-order valence-corrected chi connectivity index (χ3v) is 11.1. The molecule has 4 heteroatoms. The van der Waals surface area contributed by atoms with Crippen LogP contribution in [0.15, 0.2) is 181 Å². The van der Waals surface area contributed by atoms with Gasteiger partial charge in [0.1, 0.15) is 0 Å². The second-order valence-corrected chi connectivity index (χ2v) is 13.9. The first-order valence-electron chi connectivity index (χ1n) is 17.0. The van der Waals surface area contributed by atoms with Crippen molar-refractivity contribution in [1.82, 2.24) is 9.88 Å². The molecule has 0 spiro atoms. The van der Waals surface area contributed by atoms with E-state index in [1.165, 1.54) is 64.3 Å². The number of allylic oxidation sites excluding steroid dienone is 1. The fourth-order valence-electron chi connectivity index (χ4n) is 7.48. The number of nitrogens with one attached hydrogen (secondary N) is 1. The van der Waals surface area contributed by atoms with Crippen molar-refractivity contribution in [3.05, 3.63) is 182 Å². The Morgan fingerprint density at radius 3 is 1.98 bits per heavy atom. The summed E-state index contributed by atoms with van der Waals surface area (Å²) in [6.45, 7) is 0. The predicted octanol–water partition coefficient (Wildman–Crippen LogP) is 12.2. The zero-order chi connectivity index (χ0) is 33.0. The van der Waals surface area contributed by atoms with Gasteiger partial charge in [0.15, 0.2) is 0 Å². The summed E-state index contributed by atoms with van der Waals surface area (Å²) in [4.78, 5) is 5.32. The Labute approximate surface area is 294 Å². The maximum absolute atomic E-state index is 5.32. The lowest BCUT2D eigenvalue weighted by Crippen LogP contribution is -2.25. The predicted molar refractivity (Wildman–Crippen MR) is 213 cm³/mol. The van der Waals surface area contributed by atoms with Crippen LogP contribution in [0.2, 0.25) is 0 Å². The molecule has 0 bridgehead atoms. The molecule has 1 N–H and O–H groups in total. The molecule has 0 radical (unpaired) electrons. The van der Waals surface area contributed by atoms with E-state index in [0.717, 1.165) is 22.3 Å². The van der Waals surface area contributed by atoms with Gasteiger partial charge in [0.25, 0.3) is 0 Å². The Morgan fingerprint density at radius 2 is 1.12 bits per heavy atom. The van der Waals surface area contributed by atoms with Crippen LogP contribution >= 0.6 is 11.3 Å². The van der Waals surface area contributed by atoms with Gasteiger partial charge < -0.3 is 9.88 Å². The molecular formula is C46H31N3S. The minimum absolute atomic E-state index is 0.296. The summed E-state index contributed by atoms with van der Waals surface area (Å²) in [7, 11) is 0. The van der Waals surface area contributed by atoms with Gasteiger partial charge in [0, 0.05) is 37.1 Å². The number of aliphatic imine (C=N–C) groups is 1. The Balaban J connectivity index is 1.04. The van der Waals surface area contributed by atoms with E-state index in [1.54, 1.807) is 0 Å². The smallest absolute Gasteiger partial charge is 0.201 e. The van der Waals surface area contributed by atoms with E-state index >= 15 is 0 Å². The standard InChI is InChI=1S/C46H31N3S/c1-2-10-30(11-3-1)33-12-8-13-34(28-33)31-20-22-32(23-21-31)41-26-27-47-46(48-41)49-42-18-6-4-14-37(42)38-25-24-35(29-43(38)49)36-16-9-17-40-39-15-5-7-19-44(39)50-45(36)40/h1-29,46-47H. The number of nitrogens with zero attached hydrogens (tertiary/aromatic N) is 2. The molecule has 0 fully saturated rings. The first kappa shape index (κ1) is 28.8. The van der Waals surface area contributed by atoms with Crippen LogP contribution in [-0.4, -0.2) is 10.3 Å². The molecule has 9 aromatic rings. The molecule has 0 amide bonds. The Kier molecular flexibility index (Phi) is 6.74. The molecule has 1 unspecified atom stereocenters. The van der Waals surface area contributed by atoms with Gasteiger partial charge in [-0.05, 0) is 69.3 Å². The summed E-state index contributed by atoms with van der Waals surface area (Å²) in [5, 5.41) is 8.65. The largest absolute Gasteiger partial charge is 0.353 e. The molecule has 2 aromatic heterocycles. The molecule has 1 atom stereocenters. The summed E-state index contributed by atoms with van der Waals surface area (Å²) >= 11 is 1.87. The van der Waals surface area contributed by atoms with E-state index in [9.17, 15) is 0 Å². The number of para-hydroxylation sites is 1. The maximum Gasteiger partial charge on any atom is 0.201 e. The first-order chi connectivity index (χ1) is 24.8. The Morgan fingerprint density at radius 1 is 0.480 bits per heavy atom. The molecule has 3 nitrogen and oxygen atoms in total. The molecule has 1 aliphatic rings. The van der Waals surface area contributed by atoms with Crippen LogP contribution in [0.3, 0.4) is 0 Å². The maximum atomic E-state index is 5.32. The van der Waals surface area contributed by atoms with E-state index < -0.39 is 0 Å². The number of hydrogen-bond acceptors (Lipinski definition) is 3. The van der Waals surface area contributed by atoms with Gasteiger partial charge in [0.2, 0.25) is 6.29 Å². The van der Waals surface area contributed by atoms with E-state index in [0.29, 0.717) is 0 Å². The van der Waals surface area contributed by atoms with Gasteiger partial charge >= 0.3 is 0 Å². The minimum Gasteiger partial charge on any atom is -0.353 e. The third kappa shape index (κ3) is 4.76. The third-order valence-electron chi connectivity index (χ3n) is 9.90. The lowest BCUT2D eigenvalue weighted by Gasteiger charge is -2.22. The molecule has 236 valence electrons. The fourth-order valence-corrected chi connectivity index (χ4v) is 8.71.